The molecule has 2 atom stereocenters. The van der Waals surface area contributed by atoms with Crippen LogP contribution in [0, 0.1) is 11.7 Å². The average molecular weight is 207 g/mol. The van der Waals surface area contributed by atoms with Gasteiger partial charge in [0.1, 0.15) is 5.82 Å². The number of halogens is 1. The molecule has 82 valence electrons. The zero-order chi connectivity index (χ0) is 10.7. The van der Waals surface area contributed by atoms with Gasteiger partial charge >= 0.3 is 0 Å². The summed E-state index contributed by atoms with van der Waals surface area (Å²) in [7, 11) is 0. The van der Waals surface area contributed by atoms with Crippen LogP contribution in [0.5, 0.6) is 0 Å². The Hall–Kier alpha value is -0.890. The normalized spacial score (nSPS) is 22.9. The second-order valence-electron chi connectivity index (χ2n) is 4.48. The first-order valence-electron chi connectivity index (χ1n) is 5.74. The lowest BCUT2D eigenvalue weighted by Gasteiger charge is -2.19. The number of rotatable bonds is 3. The third-order valence-electron chi connectivity index (χ3n) is 3.29. The van der Waals surface area contributed by atoms with Crippen LogP contribution in [0.4, 0.5) is 4.39 Å². The number of hydrogen-bond acceptors (Lipinski definition) is 1. The Bertz CT molecular complexity index is 318. The summed E-state index contributed by atoms with van der Waals surface area (Å²) in [6.07, 6.45) is 3.33. The first-order chi connectivity index (χ1) is 7.27. The van der Waals surface area contributed by atoms with Gasteiger partial charge in [0.05, 0.1) is 0 Å². The SMILES string of the molecule is CC(Cc1ccccc1F)C1CCCN1. The molecule has 0 bridgehead atoms. The van der Waals surface area contributed by atoms with Crippen LogP contribution in [0.1, 0.15) is 25.3 Å². The second kappa shape index (κ2) is 4.75. The molecular formula is C13H18FN. The van der Waals surface area contributed by atoms with E-state index in [-0.39, 0.29) is 5.82 Å². The molecule has 0 saturated carbocycles. The maximum atomic E-state index is 13.4. The van der Waals surface area contributed by atoms with Crippen LogP contribution in [0.3, 0.4) is 0 Å². The quantitative estimate of drug-likeness (QED) is 0.803. The summed E-state index contributed by atoms with van der Waals surface area (Å²) in [6.45, 7) is 3.32. The Kier molecular flexibility index (Phi) is 3.37. The maximum absolute atomic E-state index is 13.4. The van der Waals surface area contributed by atoms with E-state index in [9.17, 15) is 4.39 Å². The highest BCUT2D eigenvalue weighted by Gasteiger charge is 2.21. The molecule has 2 heteroatoms. The topological polar surface area (TPSA) is 12.0 Å². The fourth-order valence-corrected chi connectivity index (χ4v) is 2.35. The first kappa shape index (κ1) is 10.6. The van der Waals surface area contributed by atoms with Crippen LogP contribution in [0.25, 0.3) is 0 Å². The lowest BCUT2D eigenvalue weighted by molar-refractivity contribution is 0.411. The molecule has 1 fully saturated rings. The van der Waals surface area contributed by atoms with Gasteiger partial charge in [0.15, 0.2) is 0 Å². The Morgan fingerprint density at radius 1 is 1.47 bits per heavy atom. The molecule has 1 nitrogen and oxygen atoms in total. The van der Waals surface area contributed by atoms with Crippen LogP contribution in [-0.4, -0.2) is 12.6 Å². The molecule has 15 heavy (non-hydrogen) atoms. The van der Waals surface area contributed by atoms with Gasteiger partial charge in [-0.3, -0.25) is 0 Å². The lowest BCUT2D eigenvalue weighted by Crippen LogP contribution is -2.30. The molecule has 0 aliphatic carbocycles. The molecule has 1 aromatic carbocycles. The maximum Gasteiger partial charge on any atom is 0.126 e. The van der Waals surface area contributed by atoms with Crippen molar-refractivity contribution in [3.63, 3.8) is 0 Å². The monoisotopic (exact) mass is 207 g/mol. The third-order valence-corrected chi connectivity index (χ3v) is 3.29. The standard InChI is InChI=1S/C13H18FN/c1-10(13-7-4-8-15-13)9-11-5-2-3-6-12(11)14/h2-3,5-6,10,13,15H,4,7-9H2,1H3. The van der Waals surface area contributed by atoms with Crippen molar-refractivity contribution in [3.8, 4) is 0 Å². The molecule has 2 rings (SSSR count). The van der Waals surface area contributed by atoms with Gasteiger partial charge in [0.25, 0.3) is 0 Å². The zero-order valence-corrected chi connectivity index (χ0v) is 9.17. The van der Waals surface area contributed by atoms with Crippen LogP contribution in [0.15, 0.2) is 24.3 Å². The molecule has 2 unspecified atom stereocenters. The summed E-state index contributed by atoms with van der Waals surface area (Å²) in [4.78, 5) is 0. The van der Waals surface area contributed by atoms with E-state index < -0.39 is 0 Å². The van der Waals surface area contributed by atoms with Crippen LogP contribution in [-0.2, 0) is 6.42 Å². The highest BCUT2D eigenvalue weighted by Crippen LogP contribution is 2.20. The van der Waals surface area contributed by atoms with E-state index >= 15 is 0 Å². The Morgan fingerprint density at radius 3 is 2.93 bits per heavy atom. The van der Waals surface area contributed by atoms with E-state index in [1.807, 2.05) is 12.1 Å². The molecule has 1 aliphatic heterocycles. The molecular weight excluding hydrogens is 189 g/mol. The van der Waals surface area contributed by atoms with Gasteiger partial charge in [-0.1, -0.05) is 25.1 Å². The van der Waals surface area contributed by atoms with Crippen LogP contribution in [0.2, 0.25) is 0 Å². The molecule has 1 N–H and O–H groups in total. The van der Waals surface area contributed by atoms with Crippen LogP contribution < -0.4 is 5.32 Å². The highest BCUT2D eigenvalue weighted by atomic mass is 19.1. The Balaban J connectivity index is 1.99. The average Bonchev–Trinajstić information content (AvgIpc) is 2.74. The minimum Gasteiger partial charge on any atom is -0.314 e. The fourth-order valence-electron chi connectivity index (χ4n) is 2.35. The predicted molar refractivity (Wildman–Crippen MR) is 60.3 cm³/mol. The highest BCUT2D eigenvalue weighted by molar-refractivity contribution is 5.18. The minimum atomic E-state index is -0.0673. The van der Waals surface area contributed by atoms with E-state index in [2.05, 4.69) is 12.2 Å². The molecule has 0 aromatic heterocycles. The van der Waals surface area contributed by atoms with Gasteiger partial charge in [-0.25, -0.2) is 4.39 Å². The van der Waals surface area contributed by atoms with Crippen molar-refractivity contribution >= 4 is 0 Å². The van der Waals surface area contributed by atoms with E-state index in [1.54, 1.807) is 12.1 Å². The van der Waals surface area contributed by atoms with Crippen molar-refractivity contribution < 1.29 is 4.39 Å². The van der Waals surface area contributed by atoms with Gasteiger partial charge < -0.3 is 5.32 Å². The van der Waals surface area contributed by atoms with Gasteiger partial charge in [-0.05, 0) is 43.4 Å². The van der Waals surface area contributed by atoms with Gasteiger partial charge in [0.2, 0.25) is 0 Å². The summed E-state index contributed by atoms with van der Waals surface area (Å²) in [6, 6.07) is 7.67. The summed E-state index contributed by atoms with van der Waals surface area (Å²) in [5.74, 6) is 0.451. The van der Waals surface area contributed by atoms with Crippen molar-refractivity contribution in [1.29, 1.82) is 0 Å². The van der Waals surface area contributed by atoms with Gasteiger partial charge in [-0.15, -0.1) is 0 Å². The third kappa shape index (κ3) is 2.57. The molecule has 1 heterocycles. The van der Waals surface area contributed by atoms with E-state index in [4.69, 9.17) is 0 Å². The van der Waals surface area contributed by atoms with Crippen molar-refractivity contribution in [2.75, 3.05) is 6.54 Å². The number of benzene rings is 1. The second-order valence-corrected chi connectivity index (χ2v) is 4.48. The Labute approximate surface area is 90.7 Å². The van der Waals surface area contributed by atoms with Crippen molar-refractivity contribution in [1.82, 2.24) is 5.32 Å². The summed E-state index contributed by atoms with van der Waals surface area (Å²) < 4.78 is 13.4. The summed E-state index contributed by atoms with van der Waals surface area (Å²) in [5, 5.41) is 3.47. The van der Waals surface area contributed by atoms with E-state index in [0.29, 0.717) is 12.0 Å². The number of hydrogen-bond donors (Lipinski definition) is 1. The summed E-state index contributed by atoms with van der Waals surface area (Å²) in [5.41, 5.74) is 0.846. The predicted octanol–water partition coefficient (Wildman–Crippen LogP) is 2.76. The molecule has 0 spiro atoms. The molecule has 1 aromatic rings. The lowest BCUT2D eigenvalue weighted by atomic mass is 9.93. The first-order valence-corrected chi connectivity index (χ1v) is 5.74. The van der Waals surface area contributed by atoms with Crippen molar-refractivity contribution in [2.24, 2.45) is 5.92 Å². The largest absolute Gasteiger partial charge is 0.314 e. The van der Waals surface area contributed by atoms with Gasteiger partial charge in [-0.2, -0.15) is 0 Å². The fraction of sp³-hybridized carbons (Fsp3) is 0.538. The van der Waals surface area contributed by atoms with Crippen LogP contribution >= 0.6 is 0 Å². The zero-order valence-electron chi connectivity index (χ0n) is 9.17. The van der Waals surface area contributed by atoms with E-state index in [0.717, 1.165) is 18.5 Å². The van der Waals surface area contributed by atoms with E-state index in [1.165, 1.54) is 12.8 Å². The molecule has 1 saturated heterocycles. The van der Waals surface area contributed by atoms with Crippen molar-refractivity contribution in [2.45, 2.75) is 32.2 Å². The summed E-state index contributed by atoms with van der Waals surface area (Å²) >= 11 is 0. The van der Waals surface area contributed by atoms with Crippen molar-refractivity contribution in [3.05, 3.63) is 35.6 Å². The molecule has 1 aliphatic rings. The molecule has 0 radical (unpaired) electrons. The minimum absolute atomic E-state index is 0.0673. The molecule has 0 amide bonds. The van der Waals surface area contributed by atoms with Gasteiger partial charge in [0, 0.05) is 6.04 Å². The Morgan fingerprint density at radius 2 is 2.27 bits per heavy atom. The number of nitrogens with one attached hydrogen (secondary N) is 1. The smallest absolute Gasteiger partial charge is 0.126 e.